The molecule has 1 unspecified atom stereocenters. The molecule has 3 aromatic rings. The maximum absolute atomic E-state index is 12.9. The van der Waals surface area contributed by atoms with E-state index in [0.29, 0.717) is 34.3 Å². The van der Waals surface area contributed by atoms with Crippen molar-refractivity contribution in [2.24, 2.45) is 0 Å². The molecule has 0 bridgehead atoms. The van der Waals surface area contributed by atoms with Crippen LogP contribution < -0.4 is 10.2 Å². The molecular weight excluding hydrogens is 366 g/mol. The normalized spacial score (nSPS) is 15.7. The molecule has 1 aliphatic rings. The molecule has 1 N–H and O–H groups in total. The highest BCUT2D eigenvalue weighted by Gasteiger charge is 2.39. The number of nitrogens with one attached hydrogen (secondary N) is 1. The van der Waals surface area contributed by atoms with Crippen LogP contribution in [0.25, 0.3) is 0 Å². The van der Waals surface area contributed by atoms with Gasteiger partial charge in [0.25, 0.3) is 5.91 Å². The maximum Gasteiger partial charge on any atom is 0.260 e. The molecule has 0 aliphatic carbocycles. The second-order valence-electron chi connectivity index (χ2n) is 6.16. The number of pyridine rings is 1. The van der Waals surface area contributed by atoms with Crippen LogP contribution in [-0.2, 0) is 11.3 Å². The summed E-state index contributed by atoms with van der Waals surface area (Å²) in [6.07, 6.45) is 3.28. The second kappa shape index (κ2) is 7.25. The van der Waals surface area contributed by atoms with Gasteiger partial charge in [0.15, 0.2) is 0 Å². The lowest BCUT2D eigenvalue weighted by Crippen LogP contribution is -2.32. The third-order valence-corrected chi connectivity index (χ3v) is 4.69. The zero-order valence-electron chi connectivity index (χ0n) is 14.3. The first-order valence-corrected chi connectivity index (χ1v) is 8.84. The van der Waals surface area contributed by atoms with E-state index < -0.39 is 6.04 Å². The molecule has 1 aromatic carbocycles. The lowest BCUT2D eigenvalue weighted by atomic mass is 10.1. The molecular formula is C20H16ClN3O3. The van der Waals surface area contributed by atoms with Gasteiger partial charge < -0.3 is 9.73 Å². The Balaban J connectivity index is 1.59. The van der Waals surface area contributed by atoms with E-state index in [9.17, 15) is 9.59 Å². The van der Waals surface area contributed by atoms with Gasteiger partial charge in [0.05, 0.1) is 36.5 Å². The first kappa shape index (κ1) is 17.3. The highest BCUT2D eigenvalue weighted by molar-refractivity contribution is 6.30. The van der Waals surface area contributed by atoms with Gasteiger partial charge in [-0.05, 0) is 48.5 Å². The van der Waals surface area contributed by atoms with Crippen LogP contribution in [0.3, 0.4) is 0 Å². The number of nitrogens with zero attached hydrogens (tertiary/aromatic N) is 2. The summed E-state index contributed by atoms with van der Waals surface area (Å²) < 4.78 is 5.22. The van der Waals surface area contributed by atoms with Crippen LogP contribution in [0.4, 0.5) is 5.69 Å². The van der Waals surface area contributed by atoms with E-state index >= 15 is 0 Å². The molecule has 7 heteroatoms. The summed E-state index contributed by atoms with van der Waals surface area (Å²) in [6, 6.07) is 13.5. The quantitative estimate of drug-likeness (QED) is 0.730. The Morgan fingerprint density at radius 1 is 1.19 bits per heavy atom. The molecule has 1 atom stereocenters. The predicted octanol–water partition coefficient (Wildman–Crippen LogP) is 3.74. The molecule has 0 saturated carbocycles. The van der Waals surface area contributed by atoms with Crippen molar-refractivity contribution >= 4 is 29.1 Å². The number of aromatic nitrogens is 1. The largest absolute Gasteiger partial charge is 0.467 e. The summed E-state index contributed by atoms with van der Waals surface area (Å²) in [6.45, 7) is 0.294. The molecule has 136 valence electrons. The van der Waals surface area contributed by atoms with Gasteiger partial charge in [-0.15, -0.1) is 0 Å². The fraction of sp³-hybridized carbons (Fsp3) is 0.150. The minimum absolute atomic E-state index is 0.0963. The Morgan fingerprint density at radius 2 is 2.00 bits per heavy atom. The molecule has 0 spiro atoms. The van der Waals surface area contributed by atoms with Gasteiger partial charge in [-0.3, -0.25) is 19.5 Å². The molecule has 0 radical (unpaired) electrons. The van der Waals surface area contributed by atoms with Crippen LogP contribution in [0.2, 0.25) is 5.02 Å². The number of anilines is 1. The van der Waals surface area contributed by atoms with Crippen LogP contribution in [0.1, 0.15) is 34.3 Å². The number of fused-ring (bicyclic) bond motifs is 1. The Hall–Kier alpha value is -3.12. The van der Waals surface area contributed by atoms with Crippen LogP contribution in [0, 0.1) is 0 Å². The fourth-order valence-electron chi connectivity index (χ4n) is 3.19. The number of hydrogen-bond donors (Lipinski definition) is 1. The predicted molar refractivity (Wildman–Crippen MR) is 100 cm³/mol. The lowest BCUT2D eigenvalue weighted by molar-refractivity contribution is -0.121. The molecule has 3 heterocycles. The SMILES string of the molecule is O=C(CC1c2ncccc2C(=O)N1c1ccc(Cl)cc1)NCc1ccco1. The highest BCUT2D eigenvalue weighted by Crippen LogP contribution is 2.38. The second-order valence-corrected chi connectivity index (χ2v) is 6.60. The van der Waals surface area contributed by atoms with E-state index in [0.717, 1.165) is 0 Å². The summed E-state index contributed by atoms with van der Waals surface area (Å²) in [7, 11) is 0. The number of halogens is 1. The Kier molecular flexibility index (Phi) is 4.64. The van der Waals surface area contributed by atoms with Crippen molar-refractivity contribution in [3.05, 3.63) is 83.0 Å². The van der Waals surface area contributed by atoms with Crippen LogP contribution >= 0.6 is 11.6 Å². The van der Waals surface area contributed by atoms with Gasteiger partial charge in [-0.25, -0.2) is 0 Å². The first-order valence-electron chi connectivity index (χ1n) is 8.46. The van der Waals surface area contributed by atoms with E-state index in [-0.39, 0.29) is 18.2 Å². The third-order valence-electron chi connectivity index (χ3n) is 4.44. The van der Waals surface area contributed by atoms with Gasteiger partial charge in [0.1, 0.15) is 5.76 Å². The van der Waals surface area contributed by atoms with E-state index in [4.69, 9.17) is 16.0 Å². The minimum atomic E-state index is -0.480. The van der Waals surface area contributed by atoms with Crippen molar-refractivity contribution in [2.45, 2.75) is 19.0 Å². The van der Waals surface area contributed by atoms with Crippen molar-refractivity contribution in [1.82, 2.24) is 10.3 Å². The standard InChI is InChI=1S/C20H16ClN3O3/c21-13-5-7-14(8-6-13)24-17(19-16(20(24)26)4-1-9-22-19)11-18(25)23-12-15-3-2-10-27-15/h1-10,17H,11-12H2,(H,23,25). The Labute approximate surface area is 160 Å². The van der Waals surface area contributed by atoms with Gasteiger partial charge in [-0.2, -0.15) is 0 Å². The number of rotatable bonds is 5. The van der Waals surface area contributed by atoms with E-state index in [1.165, 1.54) is 0 Å². The van der Waals surface area contributed by atoms with Crippen molar-refractivity contribution in [3.8, 4) is 0 Å². The fourth-order valence-corrected chi connectivity index (χ4v) is 3.32. The summed E-state index contributed by atoms with van der Waals surface area (Å²) in [5.41, 5.74) is 1.79. The third kappa shape index (κ3) is 3.44. The maximum atomic E-state index is 12.9. The molecule has 2 aromatic heterocycles. The van der Waals surface area contributed by atoms with Crippen LogP contribution in [0.5, 0.6) is 0 Å². The molecule has 1 aliphatic heterocycles. The monoisotopic (exact) mass is 381 g/mol. The molecule has 27 heavy (non-hydrogen) atoms. The van der Waals surface area contributed by atoms with Crippen LogP contribution in [0.15, 0.2) is 65.4 Å². The zero-order valence-corrected chi connectivity index (χ0v) is 15.0. The van der Waals surface area contributed by atoms with E-state index in [1.807, 2.05) is 0 Å². The smallest absolute Gasteiger partial charge is 0.260 e. The Morgan fingerprint density at radius 3 is 2.74 bits per heavy atom. The number of carbonyl (C=O) groups excluding carboxylic acids is 2. The van der Waals surface area contributed by atoms with E-state index in [2.05, 4.69) is 10.3 Å². The van der Waals surface area contributed by atoms with Crippen molar-refractivity contribution < 1.29 is 14.0 Å². The average molecular weight is 382 g/mol. The van der Waals surface area contributed by atoms with Gasteiger partial charge in [0.2, 0.25) is 5.91 Å². The van der Waals surface area contributed by atoms with Gasteiger partial charge in [0, 0.05) is 16.9 Å². The molecule has 6 nitrogen and oxygen atoms in total. The number of hydrogen-bond acceptors (Lipinski definition) is 4. The van der Waals surface area contributed by atoms with E-state index in [1.54, 1.807) is 65.9 Å². The Bertz CT molecular complexity index is 970. The first-order chi connectivity index (χ1) is 13.1. The highest BCUT2D eigenvalue weighted by atomic mass is 35.5. The lowest BCUT2D eigenvalue weighted by Gasteiger charge is -2.24. The zero-order chi connectivity index (χ0) is 18.8. The summed E-state index contributed by atoms with van der Waals surface area (Å²) >= 11 is 5.97. The number of furan rings is 1. The number of benzene rings is 1. The average Bonchev–Trinajstić information content (AvgIpc) is 3.29. The topological polar surface area (TPSA) is 75.4 Å². The molecule has 4 rings (SSSR count). The van der Waals surface area contributed by atoms with Gasteiger partial charge >= 0.3 is 0 Å². The number of amides is 2. The number of carbonyl (C=O) groups is 2. The summed E-state index contributed by atoms with van der Waals surface area (Å²) in [5, 5.41) is 3.40. The molecule has 0 fully saturated rings. The van der Waals surface area contributed by atoms with Gasteiger partial charge in [-0.1, -0.05) is 11.6 Å². The summed E-state index contributed by atoms with van der Waals surface area (Å²) in [4.78, 5) is 31.4. The van der Waals surface area contributed by atoms with Crippen molar-refractivity contribution in [2.75, 3.05) is 4.90 Å². The molecule has 2 amide bonds. The van der Waals surface area contributed by atoms with Crippen molar-refractivity contribution in [3.63, 3.8) is 0 Å². The molecule has 0 saturated heterocycles. The van der Waals surface area contributed by atoms with Crippen molar-refractivity contribution in [1.29, 1.82) is 0 Å². The van der Waals surface area contributed by atoms with Crippen LogP contribution in [-0.4, -0.2) is 16.8 Å². The summed E-state index contributed by atoms with van der Waals surface area (Å²) in [5.74, 6) is 0.296. The minimum Gasteiger partial charge on any atom is -0.467 e.